The van der Waals surface area contributed by atoms with E-state index in [1.54, 1.807) is 0 Å². The zero-order valence-electron chi connectivity index (χ0n) is 28.5. The number of hydrogen-bond donors (Lipinski definition) is 2. The Morgan fingerprint density at radius 2 is 1.24 bits per heavy atom. The van der Waals surface area contributed by atoms with Crippen molar-refractivity contribution in [1.29, 1.82) is 0 Å². The molecular weight excluding hydrogens is 655 g/mol. The van der Waals surface area contributed by atoms with Crippen molar-refractivity contribution in [1.82, 2.24) is 10.6 Å². The van der Waals surface area contributed by atoms with E-state index in [0.717, 1.165) is 12.3 Å². The quantitative estimate of drug-likeness (QED) is 0.226. The number of rotatable bonds is 10. The summed E-state index contributed by atoms with van der Waals surface area (Å²) >= 11 is 0. The Bertz CT molecular complexity index is 1540. The van der Waals surface area contributed by atoms with Crippen LogP contribution in [0.5, 0.6) is 0 Å². The molecule has 4 aromatic rings. The number of alkyl carbamates (subject to hydrolysis) is 1. The molecule has 2 atom stereocenters. The maximum Gasteiger partial charge on any atom is 0.408 e. The maximum absolute atomic E-state index is 14.1. The van der Waals surface area contributed by atoms with Crippen LogP contribution in [0.4, 0.5) is 4.79 Å². The smallest absolute Gasteiger partial charge is 0.408 e. The number of amides is 2. The van der Waals surface area contributed by atoms with Gasteiger partial charge in [-0.3, -0.25) is 4.79 Å². The third kappa shape index (κ3) is 9.65. The van der Waals surface area contributed by atoms with Gasteiger partial charge in [0, 0.05) is 0 Å². The number of benzene rings is 4. The minimum absolute atomic E-state index is 0. The molecule has 0 spiro atoms. The van der Waals surface area contributed by atoms with Crippen molar-refractivity contribution in [3.63, 3.8) is 0 Å². The average Bonchev–Trinajstić information content (AvgIpc) is 2.98. The van der Waals surface area contributed by atoms with Gasteiger partial charge < -0.3 is 32.4 Å². The first-order valence-electron chi connectivity index (χ1n) is 15.9. The molecule has 0 bridgehead atoms. The molecule has 5 nitrogen and oxygen atoms in total. The van der Waals surface area contributed by atoms with Crippen molar-refractivity contribution in [2.75, 3.05) is 6.16 Å². The number of nitrogens with one attached hydrogen (secondary N) is 2. The highest BCUT2D eigenvalue weighted by Gasteiger charge is 2.46. The number of carbonyl (C=O) groups excluding carboxylic acids is 2. The summed E-state index contributed by atoms with van der Waals surface area (Å²) < 4.78 is 5.53. The van der Waals surface area contributed by atoms with Crippen LogP contribution < -0.4 is 38.2 Å². The highest BCUT2D eigenvalue weighted by Crippen LogP contribution is 2.60. The van der Waals surface area contributed by atoms with Crippen molar-refractivity contribution in [2.24, 2.45) is 11.3 Å². The van der Waals surface area contributed by atoms with Crippen LogP contribution >= 0.6 is 7.26 Å². The predicted octanol–water partition coefficient (Wildman–Crippen LogP) is 5.09. The van der Waals surface area contributed by atoms with Crippen LogP contribution in [0.3, 0.4) is 0 Å². The molecular formula is C39H50BrN2O3P. The summed E-state index contributed by atoms with van der Waals surface area (Å²) in [5.41, 5.74) is 0.0862. The lowest BCUT2D eigenvalue weighted by atomic mass is 9.86. The Kier molecular flexibility index (Phi) is 12.6. The number of halogens is 1. The molecule has 0 heterocycles. The van der Waals surface area contributed by atoms with E-state index in [1.807, 2.05) is 41.5 Å². The fourth-order valence-electron chi connectivity index (χ4n) is 5.81. The van der Waals surface area contributed by atoms with Gasteiger partial charge in [0.05, 0.1) is 36.2 Å². The predicted molar refractivity (Wildman–Crippen MR) is 191 cm³/mol. The third-order valence-electron chi connectivity index (χ3n) is 8.20. The van der Waals surface area contributed by atoms with E-state index in [2.05, 4.69) is 128 Å². The highest BCUT2D eigenvalue weighted by molar-refractivity contribution is 7.88. The Morgan fingerprint density at radius 3 is 1.74 bits per heavy atom. The first-order chi connectivity index (χ1) is 21.2. The molecule has 2 amide bonds. The molecule has 2 N–H and O–H groups in total. The molecule has 0 aliphatic heterocycles. The minimum atomic E-state index is -2.12. The van der Waals surface area contributed by atoms with Gasteiger partial charge >= 0.3 is 6.09 Å². The monoisotopic (exact) mass is 704 g/mol. The molecule has 246 valence electrons. The Labute approximate surface area is 287 Å². The molecule has 0 saturated carbocycles. The van der Waals surface area contributed by atoms with E-state index in [9.17, 15) is 9.59 Å². The van der Waals surface area contributed by atoms with Crippen LogP contribution in [-0.4, -0.2) is 35.8 Å². The van der Waals surface area contributed by atoms with E-state index >= 15 is 0 Å². The van der Waals surface area contributed by atoms with Crippen molar-refractivity contribution < 1.29 is 31.3 Å². The molecule has 0 aliphatic carbocycles. The van der Waals surface area contributed by atoms with Gasteiger partial charge in [0.15, 0.2) is 0 Å². The highest BCUT2D eigenvalue weighted by atomic mass is 79.9. The van der Waals surface area contributed by atoms with Gasteiger partial charge in [-0.05, 0) is 78.8 Å². The van der Waals surface area contributed by atoms with Gasteiger partial charge in [0.25, 0.3) is 0 Å². The standard InChI is InChI=1S/C39H49N2O3P.BrH/c1-28(2)34(40-36(42)35(38(3,4)5)41-37(43)44-39(6,7)8)27-45(32-19-11-9-12-20-32,33-21-13-10-14-22-33)26-29-23-24-30-17-15-16-18-31(30)25-29;/h9-25,28,34-35H,26-27H2,1-8H3,(H-,40,41,42,43);1H/t34-,35?;/m1./s1. The van der Waals surface area contributed by atoms with Gasteiger partial charge in [-0.25, -0.2) is 4.79 Å². The number of carbonyl (C=O) groups is 2. The second-order valence-electron chi connectivity index (χ2n) is 14.5. The van der Waals surface area contributed by atoms with E-state index in [4.69, 9.17) is 4.74 Å². The van der Waals surface area contributed by atoms with Gasteiger partial charge in [0.1, 0.15) is 11.6 Å². The lowest BCUT2D eigenvalue weighted by molar-refractivity contribution is -0.126. The molecule has 1 unspecified atom stereocenters. The normalized spacial score (nSPS) is 13.4. The molecule has 7 heteroatoms. The summed E-state index contributed by atoms with van der Waals surface area (Å²) in [4.78, 5) is 26.9. The van der Waals surface area contributed by atoms with E-state index in [0.29, 0.717) is 0 Å². The summed E-state index contributed by atoms with van der Waals surface area (Å²) in [5.74, 6) is -0.0449. The molecule has 46 heavy (non-hydrogen) atoms. The summed E-state index contributed by atoms with van der Waals surface area (Å²) in [6, 6.07) is 36.0. The van der Waals surface area contributed by atoms with Crippen molar-refractivity contribution in [3.8, 4) is 0 Å². The molecule has 0 radical (unpaired) electrons. The summed E-state index contributed by atoms with van der Waals surface area (Å²) in [6.45, 7) is 15.7. The van der Waals surface area contributed by atoms with Gasteiger partial charge in [-0.2, -0.15) is 0 Å². The molecule has 0 aliphatic rings. The minimum Gasteiger partial charge on any atom is -1.00 e. The molecule has 0 aromatic heterocycles. The first kappa shape index (κ1) is 37.2. The number of fused-ring (bicyclic) bond motifs is 1. The van der Waals surface area contributed by atoms with Crippen LogP contribution in [0.15, 0.2) is 103 Å². The second-order valence-corrected chi connectivity index (χ2v) is 18.1. The average molecular weight is 706 g/mol. The van der Waals surface area contributed by atoms with Crippen molar-refractivity contribution in [2.45, 2.75) is 79.2 Å². The number of ether oxygens (including phenoxy) is 1. The van der Waals surface area contributed by atoms with E-state index in [1.165, 1.54) is 26.9 Å². The topological polar surface area (TPSA) is 67.4 Å². The number of hydrogen-bond acceptors (Lipinski definition) is 3. The molecule has 4 aromatic carbocycles. The van der Waals surface area contributed by atoms with Gasteiger partial charge in [-0.15, -0.1) is 0 Å². The molecule has 0 fully saturated rings. The van der Waals surface area contributed by atoms with Crippen molar-refractivity contribution in [3.05, 3.63) is 109 Å². The Hall–Kier alpha value is -3.21. The lowest BCUT2D eigenvalue weighted by Crippen LogP contribution is -3.00. The van der Waals surface area contributed by atoms with E-state index < -0.39 is 30.4 Å². The summed E-state index contributed by atoms with van der Waals surface area (Å²) in [6.07, 6.45) is 1.05. The van der Waals surface area contributed by atoms with Crippen LogP contribution in [-0.2, 0) is 15.7 Å². The van der Waals surface area contributed by atoms with Crippen LogP contribution in [0.2, 0.25) is 0 Å². The fraction of sp³-hybridized carbons (Fsp3) is 0.385. The van der Waals surface area contributed by atoms with Gasteiger partial charge in [-0.1, -0.05) is 107 Å². The van der Waals surface area contributed by atoms with Crippen molar-refractivity contribution >= 4 is 40.6 Å². The zero-order chi connectivity index (χ0) is 32.8. The maximum atomic E-state index is 14.1. The molecule has 4 rings (SSSR count). The Morgan fingerprint density at radius 1 is 0.717 bits per heavy atom. The van der Waals surface area contributed by atoms with Crippen LogP contribution in [0.25, 0.3) is 10.8 Å². The van der Waals surface area contributed by atoms with E-state index in [-0.39, 0.29) is 34.8 Å². The van der Waals surface area contributed by atoms with Crippen LogP contribution in [0, 0.1) is 11.3 Å². The third-order valence-corrected chi connectivity index (χ3v) is 12.7. The fourth-order valence-corrected chi connectivity index (χ4v) is 10.5. The zero-order valence-corrected chi connectivity index (χ0v) is 31.0. The SMILES string of the molecule is CC(C)[C@@H](C[P+](Cc1ccc2ccccc2c1)(c1ccccc1)c1ccccc1)NC(=O)C(NC(=O)OC(C)(C)C)C(C)(C)C.[Br-]. The van der Waals surface area contributed by atoms with Gasteiger partial charge in [0.2, 0.25) is 5.91 Å². The summed E-state index contributed by atoms with van der Waals surface area (Å²) in [7, 11) is -2.12. The summed E-state index contributed by atoms with van der Waals surface area (Å²) in [5, 5.41) is 11.4. The van der Waals surface area contributed by atoms with Crippen LogP contribution in [0.1, 0.15) is 61.0 Å². The molecule has 0 saturated heterocycles. The Balaban J connectivity index is 0.00000576. The first-order valence-corrected chi connectivity index (χ1v) is 18.1. The largest absolute Gasteiger partial charge is 1.00 e. The lowest BCUT2D eigenvalue weighted by Gasteiger charge is -2.36. The second kappa shape index (κ2) is 15.6.